The molecular weight excluding hydrogens is 368 g/mol. The fourth-order valence-electron chi connectivity index (χ4n) is 2.87. The minimum absolute atomic E-state index is 0.404. The average Bonchev–Trinajstić information content (AvgIpc) is 2.78. The van der Waals surface area contributed by atoms with Crippen molar-refractivity contribution >= 4 is 28.6 Å². The summed E-state index contributed by atoms with van der Waals surface area (Å²) in [5, 5.41) is 6.53. The quantitative estimate of drug-likeness (QED) is 0.494. The molecule has 0 amide bonds. The molecular formula is C21H20N6O2. The fraction of sp³-hybridized carbons (Fsp3) is 0.143. The van der Waals surface area contributed by atoms with E-state index >= 15 is 0 Å². The van der Waals surface area contributed by atoms with E-state index in [1.54, 1.807) is 26.6 Å². The average molecular weight is 388 g/mol. The molecule has 0 radical (unpaired) electrons. The number of hydrogen-bond donors (Lipinski definition) is 2. The van der Waals surface area contributed by atoms with Gasteiger partial charge in [-0.25, -0.2) is 9.97 Å². The molecule has 0 spiro atoms. The smallest absolute Gasteiger partial charge is 0.231 e. The number of anilines is 3. The number of nitrogens with zero attached hydrogens (tertiary/aromatic N) is 4. The maximum atomic E-state index is 5.36. The van der Waals surface area contributed by atoms with Gasteiger partial charge in [-0.1, -0.05) is 30.3 Å². The number of methoxy groups -OCH3 is 2. The van der Waals surface area contributed by atoms with Gasteiger partial charge in [0.15, 0.2) is 28.5 Å². The van der Waals surface area contributed by atoms with Crippen LogP contribution in [0.3, 0.4) is 0 Å². The maximum absolute atomic E-state index is 5.36. The van der Waals surface area contributed by atoms with Gasteiger partial charge >= 0.3 is 0 Å². The summed E-state index contributed by atoms with van der Waals surface area (Å²) in [6, 6.07) is 15.6. The molecule has 0 bridgehead atoms. The zero-order valence-corrected chi connectivity index (χ0v) is 16.1. The number of nitrogens with one attached hydrogen (secondary N) is 2. The monoisotopic (exact) mass is 388 g/mol. The van der Waals surface area contributed by atoms with E-state index in [9.17, 15) is 0 Å². The highest BCUT2D eigenvalue weighted by molar-refractivity contribution is 5.83. The van der Waals surface area contributed by atoms with Gasteiger partial charge in [0.05, 0.1) is 14.2 Å². The number of rotatable bonds is 7. The molecule has 0 aliphatic rings. The molecule has 2 heterocycles. The third kappa shape index (κ3) is 4.16. The van der Waals surface area contributed by atoms with E-state index in [-0.39, 0.29) is 0 Å². The first kappa shape index (κ1) is 18.4. The molecule has 0 saturated carbocycles. The second-order valence-corrected chi connectivity index (χ2v) is 6.16. The zero-order valence-electron chi connectivity index (χ0n) is 16.1. The van der Waals surface area contributed by atoms with Crippen molar-refractivity contribution in [3.8, 4) is 11.5 Å². The van der Waals surface area contributed by atoms with Crippen LogP contribution in [0.4, 0.5) is 17.5 Å². The van der Waals surface area contributed by atoms with Crippen molar-refractivity contribution in [1.29, 1.82) is 0 Å². The van der Waals surface area contributed by atoms with Crippen molar-refractivity contribution in [2.45, 2.75) is 6.54 Å². The first-order valence-corrected chi connectivity index (χ1v) is 9.02. The largest absolute Gasteiger partial charge is 0.493 e. The third-order valence-electron chi connectivity index (χ3n) is 4.28. The van der Waals surface area contributed by atoms with Gasteiger partial charge in [-0.2, -0.15) is 9.97 Å². The van der Waals surface area contributed by atoms with Crippen molar-refractivity contribution in [2.24, 2.45) is 0 Å². The van der Waals surface area contributed by atoms with E-state index in [1.807, 2.05) is 48.5 Å². The second-order valence-electron chi connectivity index (χ2n) is 6.16. The SMILES string of the molecule is COc1ccc(Nc2nc(NCc3ccccc3)c3nccnc3n2)cc1OC. The van der Waals surface area contributed by atoms with Crippen molar-refractivity contribution < 1.29 is 9.47 Å². The van der Waals surface area contributed by atoms with Gasteiger partial charge < -0.3 is 20.1 Å². The van der Waals surface area contributed by atoms with Gasteiger partial charge in [0.25, 0.3) is 0 Å². The Morgan fingerprint density at radius 3 is 2.45 bits per heavy atom. The van der Waals surface area contributed by atoms with E-state index in [2.05, 4.69) is 30.6 Å². The van der Waals surface area contributed by atoms with Crippen molar-refractivity contribution in [3.63, 3.8) is 0 Å². The summed E-state index contributed by atoms with van der Waals surface area (Å²) in [6.07, 6.45) is 3.23. The molecule has 4 aromatic rings. The van der Waals surface area contributed by atoms with Crippen LogP contribution in [0.5, 0.6) is 11.5 Å². The van der Waals surface area contributed by atoms with Crippen LogP contribution in [0, 0.1) is 0 Å². The number of aromatic nitrogens is 4. The lowest BCUT2D eigenvalue weighted by Crippen LogP contribution is -2.07. The number of hydrogen-bond acceptors (Lipinski definition) is 8. The Balaban J connectivity index is 1.64. The molecule has 0 saturated heterocycles. The molecule has 0 fully saturated rings. The molecule has 4 rings (SSSR count). The summed E-state index contributed by atoms with van der Waals surface area (Å²) in [4.78, 5) is 17.8. The Labute approximate surface area is 168 Å². The van der Waals surface area contributed by atoms with Crippen molar-refractivity contribution in [2.75, 3.05) is 24.9 Å². The van der Waals surface area contributed by atoms with E-state index in [0.717, 1.165) is 11.3 Å². The summed E-state index contributed by atoms with van der Waals surface area (Å²) >= 11 is 0. The standard InChI is InChI=1S/C21H20N6O2/c1-28-16-9-8-15(12-17(16)29-2)25-21-26-19-18(22-10-11-23-19)20(27-21)24-13-14-6-4-3-5-7-14/h3-12H,13H2,1-2H3,(H2,23,24,25,26,27). The molecule has 8 nitrogen and oxygen atoms in total. The van der Waals surface area contributed by atoms with Crippen LogP contribution in [-0.4, -0.2) is 34.2 Å². The van der Waals surface area contributed by atoms with Gasteiger partial charge in [0.2, 0.25) is 5.95 Å². The van der Waals surface area contributed by atoms with Crippen LogP contribution in [-0.2, 0) is 6.54 Å². The summed E-state index contributed by atoms with van der Waals surface area (Å²) < 4.78 is 10.6. The number of fused-ring (bicyclic) bond motifs is 1. The topological polar surface area (TPSA) is 94.1 Å². The van der Waals surface area contributed by atoms with Crippen molar-refractivity contribution in [1.82, 2.24) is 19.9 Å². The summed E-state index contributed by atoms with van der Waals surface area (Å²) in [7, 11) is 3.19. The zero-order chi connectivity index (χ0) is 20.1. The van der Waals surface area contributed by atoms with Gasteiger partial charge in [-0.15, -0.1) is 0 Å². The Morgan fingerprint density at radius 1 is 0.862 bits per heavy atom. The molecule has 0 aliphatic carbocycles. The first-order chi connectivity index (χ1) is 14.3. The van der Waals surface area contributed by atoms with Crippen LogP contribution in [0.2, 0.25) is 0 Å². The van der Waals surface area contributed by atoms with Crippen LogP contribution in [0.25, 0.3) is 11.2 Å². The highest BCUT2D eigenvalue weighted by Gasteiger charge is 2.11. The first-order valence-electron chi connectivity index (χ1n) is 9.02. The molecule has 8 heteroatoms. The minimum atomic E-state index is 0.404. The van der Waals surface area contributed by atoms with Crippen LogP contribution < -0.4 is 20.1 Å². The predicted molar refractivity (Wildman–Crippen MR) is 112 cm³/mol. The van der Waals surface area contributed by atoms with Gasteiger partial charge in [0, 0.05) is 30.7 Å². The summed E-state index contributed by atoms with van der Waals surface area (Å²) in [5.41, 5.74) is 3.01. The molecule has 2 N–H and O–H groups in total. The Hall–Kier alpha value is -3.94. The third-order valence-corrected chi connectivity index (χ3v) is 4.28. The second kappa shape index (κ2) is 8.39. The summed E-state index contributed by atoms with van der Waals surface area (Å²) in [5.74, 6) is 2.27. The highest BCUT2D eigenvalue weighted by Crippen LogP contribution is 2.31. The lowest BCUT2D eigenvalue weighted by atomic mass is 10.2. The Morgan fingerprint density at radius 2 is 1.66 bits per heavy atom. The van der Waals surface area contributed by atoms with Gasteiger partial charge in [-0.3, -0.25) is 0 Å². The van der Waals surface area contributed by atoms with E-state index in [4.69, 9.17) is 9.47 Å². The lowest BCUT2D eigenvalue weighted by molar-refractivity contribution is 0.355. The molecule has 29 heavy (non-hydrogen) atoms. The van der Waals surface area contributed by atoms with E-state index in [1.165, 1.54) is 0 Å². The number of benzene rings is 2. The molecule has 0 aliphatic heterocycles. The normalized spacial score (nSPS) is 10.6. The lowest BCUT2D eigenvalue weighted by Gasteiger charge is -2.12. The Bertz CT molecular complexity index is 1120. The molecule has 2 aromatic heterocycles. The van der Waals surface area contributed by atoms with Crippen LogP contribution in [0.1, 0.15) is 5.56 Å². The summed E-state index contributed by atoms with van der Waals surface area (Å²) in [6.45, 7) is 0.610. The van der Waals surface area contributed by atoms with Crippen LogP contribution >= 0.6 is 0 Å². The van der Waals surface area contributed by atoms with Crippen LogP contribution in [0.15, 0.2) is 60.9 Å². The number of ether oxygens (including phenoxy) is 2. The Kier molecular flexibility index (Phi) is 5.33. The molecule has 0 atom stereocenters. The molecule has 0 unspecified atom stereocenters. The molecule has 2 aromatic carbocycles. The minimum Gasteiger partial charge on any atom is -0.493 e. The van der Waals surface area contributed by atoms with Gasteiger partial charge in [0.1, 0.15) is 0 Å². The maximum Gasteiger partial charge on any atom is 0.231 e. The highest BCUT2D eigenvalue weighted by atomic mass is 16.5. The molecule has 146 valence electrons. The van der Waals surface area contributed by atoms with Crippen molar-refractivity contribution in [3.05, 3.63) is 66.5 Å². The van der Waals surface area contributed by atoms with E-state index in [0.29, 0.717) is 41.0 Å². The fourth-order valence-corrected chi connectivity index (χ4v) is 2.87. The van der Waals surface area contributed by atoms with Gasteiger partial charge in [-0.05, 0) is 17.7 Å². The van der Waals surface area contributed by atoms with E-state index < -0.39 is 0 Å². The predicted octanol–water partition coefficient (Wildman–Crippen LogP) is 3.79.